The second-order valence-corrected chi connectivity index (χ2v) is 8.60. The Hall–Kier alpha value is -1.04. The van der Waals surface area contributed by atoms with Gasteiger partial charge in [0.15, 0.2) is 0 Å². The second-order valence-electron chi connectivity index (χ2n) is 5.63. The molecule has 0 saturated carbocycles. The Bertz CT molecular complexity index is 629. The summed E-state index contributed by atoms with van der Waals surface area (Å²) in [6.07, 6.45) is 5.87. The highest BCUT2D eigenvalue weighted by atomic mass is 31.1. The van der Waals surface area contributed by atoms with Crippen molar-refractivity contribution in [1.29, 1.82) is 0 Å². The first kappa shape index (κ1) is 14.9. The third-order valence-corrected chi connectivity index (χ3v) is 4.90. The quantitative estimate of drug-likeness (QED) is 0.813. The number of anilines is 1. The fourth-order valence-corrected chi connectivity index (χ4v) is 3.60. The Balaban J connectivity index is 2.03. The van der Waals surface area contributed by atoms with E-state index in [0.29, 0.717) is 0 Å². The van der Waals surface area contributed by atoms with E-state index in [1.165, 1.54) is 11.1 Å². The normalized spacial score (nSPS) is 17.2. The smallest absolute Gasteiger partial charge is 0.132 e. The van der Waals surface area contributed by atoms with Gasteiger partial charge in [0.05, 0.1) is 5.69 Å². The Morgan fingerprint density at radius 2 is 2.05 bits per heavy atom. The Labute approximate surface area is 131 Å². The molecule has 2 atom stereocenters. The van der Waals surface area contributed by atoms with Crippen molar-refractivity contribution >= 4 is 24.3 Å². The lowest BCUT2D eigenvalue weighted by atomic mass is 10.0. The average molecular weight is 317 g/mol. The molecule has 1 saturated heterocycles. The molecule has 3 rings (SSSR count). The van der Waals surface area contributed by atoms with Gasteiger partial charge in [-0.05, 0) is 31.0 Å². The summed E-state index contributed by atoms with van der Waals surface area (Å²) in [4.78, 5) is 11.8. The summed E-state index contributed by atoms with van der Waals surface area (Å²) in [6.45, 7) is 4.25. The Kier molecular flexibility index (Phi) is 4.24. The first-order chi connectivity index (χ1) is 10.1. The number of hydrogen-bond donors (Lipinski definition) is 0. The van der Waals surface area contributed by atoms with Crippen molar-refractivity contribution in [2.45, 2.75) is 24.7 Å². The summed E-state index contributed by atoms with van der Waals surface area (Å²) in [5.74, 6) is 1.12. The Morgan fingerprint density at radius 1 is 1.19 bits per heavy atom. The van der Waals surface area contributed by atoms with Crippen LogP contribution in [-0.2, 0) is 6.42 Å². The van der Waals surface area contributed by atoms with Gasteiger partial charge in [0.25, 0.3) is 0 Å². The first-order valence-electron chi connectivity index (χ1n) is 7.33. The minimum absolute atomic E-state index is 0.216. The van der Waals surface area contributed by atoms with E-state index in [-0.39, 0.29) is 4.90 Å². The molecule has 0 bridgehead atoms. The van der Waals surface area contributed by atoms with E-state index in [1.807, 2.05) is 24.5 Å². The molecule has 2 unspecified atom stereocenters. The molecule has 0 radical (unpaired) electrons. The van der Waals surface area contributed by atoms with Crippen LogP contribution in [0.3, 0.4) is 0 Å². The molecule has 2 aromatic heterocycles. The molecule has 5 heteroatoms. The number of aromatic nitrogens is 2. The summed E-state index contributed by atoms with van der Waals surface area (Å²) in [5.41, 5.74) is 3.53. The predicted molar refractivity (Wildman–Crippen MR) is 95.8 cm³/mol. The molecule has 0 aliphatic carbocycles. The van der Waals surface area contributed by atoms with Gasteiger partial charge < -0.3 is 4.90 Å². The molecule has 0 amide bonds. The lowest BCUT2D eigenvalue weighted by Gasteiger charge is -2.23. The highest BCUT2D eigenvalue weighted by Crippen LogP contribution is 2.40. The van der Waals surface area contributed by atoms with Crippen LogP contribution in [0.1, 0.15) is 18.9 Å². The summed E-state index contributed by atoms with van der Waals surface area (Å²) in [5, 5.41) is 0. The van der Waals surface area contributed by atoms with Gasteiger partial charge >= 0.3 is 0 Å². The highest BCUT2D eigenvalue weighted by Gasteiger charge is 2.31. The maximum absolute atomic E-state index is 4.66. The number of rotatable bonds is 3. The van der Waals surface area contributed by atoms with Crippen LogP contribution in [0, 0.1) is 0 Å². The van der Waals surface area contributed by atoms with Crippen molar-refractivity contribution in [2.75, 3.05) is 18.0 Å². The third kappa shape index (κ3) is 3.10. The monoisotopic (exact) mass is 317 g/mol. The van der Waals surface area contributed by atoms with E-state index in [0.717, 1.165) is 37.4 Å². The van der Waals surface area contributed by atoms with Gasteiger partial charge in [-0.25, -0.2) is 4.98 Å². The van der Waals surface area contributed by atoms with Crippen molar-refractivity contribution in [3.63, 3.8) is 0 Å². The molecule has 0 N–H and O–H groups in total. The van der Waals surface area contributed by atoms with E-state index < -0.39 is 0 Å². The van der Waals surface area contributed by atoms with Crippen LogP contribution in [0.4, 0.5) is 5.82 Å². The van der Waals surface area contributed by atoms with Crippen LogP contribution in [0.25, 0.3) is 11.3 Å². The summed E-state index contributed by atoms with van der Waals surface area (Å²) < 4.78 is 0. The van der Waals surface area contributed by atoms with Crippen LogP contribution >= 0.6 is 18.5 Å². The maximum atomic E-state index is 4.66. The van der Waals surface area contributed by atoms with E-state index >= 15 is 0 Å². The van der Waals surface area contributed by atoms with Gasteiger partial charge in [-0.1, -0.05) is 13.0 Å². The van der Waals surface area contributed by atoms with Gasteiger partial charge in [0, 0.05) is 41.5 Å². The van der Waals surface area contributed by atoms with Crippen LogP contribution < -0.4 is 4.90 Å². The SMILES string of the molecule is CCc1c(-c2ccccn2)ccnc1N1CCC(P)(P)C1. The van der Waals surface area contributed by atoms with Crippen molar-refractivity contribution in [3.05, 3.63) is 42.2 Å². The van der Waals surface area contributed by atoms with E-state index in [4.69, 9.17) is 0 Å². The maximum Gasteiger partial charge on any atom is 0.132 e. The summed E-state index contributed by atoms with van der Waals surface area (Å²) >= 11 is 0. The van der Waals surface area contributed by atoms with Gasteiger partial charge in [0.1, 0.15) is 5.82 Å². The molecule has 110 valence electrons. The molecule has 21 heavy (non-hydrogen) atoms. The van der Waals surface area contributed by atoms with E-state index in [1.54, 1.807) is 0 Å². The minimum Gasteiger partial charge on any atom is -0.355 e. The number of hydrogen-bond acceptors (Lipinski definition) is 3. The van der Waals surface area contributed by atoms with Gasteiger partial charge in [-0.15, -0.1) is 18.5 Å². The molecular weight excluding hydrogens is 296 g/mol. The van der Waals surface area contributed by atoms with Crippen molar-refractivity contribution in [2.24, 2.45) is 0 Å². The minimum atomic E-state index is 0.216. The van der Waals surface area contributed by atoms with Crippen LogP contribution in [0.2, 0.25) is 0 Å². The lowest BCUT2D eigenvalue weighted by Crippen LogP contribution is -2.25. The zero-order valence-electron chi connectivity index (χ0n) is 12.3. The lowest BCUT2D eigenvalue weighted by molar-refractivity contribution is 0.900. The van der Waals surface area contributed by atoms with E-state index in [2.05, 4.69) is 52.4 Å². The fourth-order valence-electron chi connectivity index (χ4n) is 2.90. The fraction of sp³-hybridized carbons (Fsp3) is 0.375. The van der Waals surface area contributed by atoms with Crippen molar-refractivity contribution < 1.29 is 0 Å². The van der Waals surface area contributed by atoms with Crippen LogP contribution in [-0.4, -0.2) is 28.0 Å². The second kappa shape index (κ2) is 5.99. The Morgan fingerprint density at radius 3 is 2.67 bits per heavy atom. The molecule has 0 aromatic carbocycles. The highest BCUT2D eigenvalue weighted by molar-refractivity contribution is 7.40. The van der Waals surface area contributed by atoms with Crippen molar-refractivity contribution in [1.82, 2.24) is 9.97 Å². The average Bonchev–Trinajstić information content (AvgIpc) is 2.87. The number of nitrogens with zero attached hydrogens (tertiary/aromatic N) is 3. The van der Waals surface area contributed by atoms with Crippen molar-refractivity contribution in [3.8, 4) is 11.3 Å². The molecule has 1 fully saturated rings. The molecule has 3 heterocycles. The third-order valence-electron chi connectivity index (χ3n) is 3.96. The molecule has 0 spiro atoms. The first-order valence-corrected chi connectivity index (χ1v) is 8.48. The topological polar surface area (TPSA) is 29.0 Å². The summed E-state index contributed by atoms with van der Waals surface area (Å²) in [7, 11) is 5.90. The number of pyridine rings is 2. The van der Waals surface area contributed by atoms with E-state index in [9.17, 15) is 0 Å². The van der Waals surface area contributed by atoms with Gasteiger partial charge in [0.2, 0.25) is 0 Å². The zero-order valence-corrected chi connectivity index (χ0v) is 14.6. The molecule has 2 aromatic rings. The zero-order chi connectivity index (χ0) is 14.9. The molecular formula is C16H21N3P2. The molecule has 1 aliphatic heterocycles. The standard InChI is InChI=1S/C16H21N3P2/c1-2-12-13(14-5-3-4-8-17-14)6-9-18-15(12)19-10-7-16(20,21)11-19/h3-6,8-9H,2,7,10-11,20-21H2,1H3. The van der Waals surface area contributed by atoms with Crippen LogP contribution in [0.15, 0.2) is 36.7 Å². The van der Waals surface area contributed by atoms with Gasteiger partial charge in [-0.3, -0.25) is 4.98 Å². The van der Waals surface area contributed by atoms with Crippen LogP contribution in [0.5, 0.6) is 0 Å². The molecule has 1 aliphatic rings. The largest absolute Gasteiger partial charge is 0.355 e. The van der Waals surface area contributed by atoms with Gasteiger partial charge in [-0.2, -0.15) is 0 Å². The molecule has 3 nitrogen and oxygen atoms in total. The predicted octanol–water partition coefficient (Wildman–Crippen LogP) is 3.36. The summed E-state index contributed by atoms with van der Waals surface area (Å²) in [6, 6.07) is 8.13.